The molecule has 4 N–H and O–H groups in total. The summed E-state index contributed by atoms with van der Waals surface area (Å²) in [4.78, 5) is 31.4. The first-order chi connectivity index (χ1) is 28.9. The van der Waals surface area contributed by atoms with E-state index in [1.165, 1.54) is 31.4 Å². The van der Waals surface area contributed by atoms with E-state index in [-0.39, 0.29) is 58.6 Å². The zero-order valence-corrected chi connectivity index (χ0v) is 37.4. The lowest BCUT2D eigenvalue weighted by Gasteiger charge is -2.38. The SMILES string of the molecule is CC[C@@H]1CC(c2ccc(F)cc2)=CN1C(=O)c1cc(OC)c(OCCCOc2cc(N)c(C(=O)N3C=C(c4ccc(F)cc4)C[C@H]3CO[Si](C)(C)C(C)(C)C)cc2C)cc1N. The third-order valence-corrected chi connectivity index (χ3v) is 16.5. The third-order valence-electron chi connectivity index (χ3n) is 12.0. The zero-order valence-electron chi connectivity index (χ0n) is 36.4. The summed E-state index contributed by atoms with van der Waals surface area (Å²) in [5, 5.41) is -0.00406. The van der Waals surface area contributed by atoms with Crippen molar-refractivity contribution in [2.45, 2.75) is 90.5 Å². The second kappa shape index (κ2) is 18.5. The summed E-state index contributed by atoms with van der Waals surface area (Å²) in [5.41, 5.74) is 18.5. The minimum Gasteiger partial charge on any atom is -0.493 e. The average molecular weight is 853 g/mol. The van der Waals surface area contributed by atoms with E-state index in [9.17, 15) is 18.4 Å². The molecule has 2 amide bonds. The van der Waals surface area contributed by atoms with Crippen LogP contribution in [0.15, 0.2) is 85.2 Å². The van der Waals surface area contributed by atoms with Crippen molar-refractivity contribution in [3.05, 3.63) is 125 Å². The number of ether oxygens (including phenoxy) is 3. The molecule has 0 saturated heterocycles. The highest BCUT2D eigenvalue weighted by atomic mass is 28.4. The molecule has 0 radical (unpaired) electrons. The molecule has 2 aliphatic rings. The van der Waals surface area contributed by atoms with Crippen LogP contribution in [0.1, 0.15) is 90.8 Å². The Morgan fingerprint density at radius 2 is 1.21 bits per heavy atom. The topological polar surface area (TPSA) is 130 Å². The van der Waals surface area contributed by atoms with Crippen LogP contribution < -0.4 is 25.7 Å². The normalized spacial score (nSPS) is 16.7. The lowest BCUT2D eigenvalue weighted by molar-refractivity contribution is 0.0737. The van der Waals surface area contributed by atoms with Crippen LogP contribution in [0.4, 0.5) is 20.2 Å². The van der Waals surface area contributed by atoms with Crippen molar-refractivity contribution >= 4 is 42.7 Å². The third kappa shape index (κ3) is 10.1. The number of hydrogen-bond acceptors (Lipinski definition) is 8. The average Bonchev–Trinajstić information content (AvgIpc) is 3.86. The monoisotopic (exact) mass is 852 g/mol. The summed E-state index contributed by atoms with van der Waals surface area (Å²) in [6.07, 6.45) is 6.08. The van der Waals surface area contributed by atoms with Gasteiger partial charge in [-0.25, -0.2) is 8.78 Å². The van der Waals surface area contributed by atoms with Crippen LogP contribution in [0.25, 0.3) is 11.1 Å². The minimum atomic E-state index is -2.12. The van der Waals surface area contributed by atoms with Crippen molar-refractivity contribution in [1.82, 2.24) is 9.80 Å². The van der Waals surface area contributed by atoms with Gasteiger partial charge in [0.15, 0.2) is 19.8 Å². The lowest BCUT2D eigenvalue weighted by Crippen LogP contribution is -2.45. The van der Waals surface area contributed by atoms with E-state index >= 15 is 0 Å². The van der Waals surface area contributed by atoms with Gasteiger partial charge < -0.3 is 39.9 Å². The molecule has 0 fully saturated rings. The Labute approximate surface area is 359 Å². The van der Waals surface area contributed by atoms with Gasteiger partial charge in [-0.15, -0.1) is 0 Å². The zero-order chi connectivity index (χ0) is 44.2. The summed E-state index contributed by atoms with van der Waals surface area (Å²) in [6.45, 7) is 15.7. The van der Waals surface area contributed by atoms with Crippen molar-refractivity contribution in [3.8, 4) is 17.2 Å². The van der Waals surface area contributed by atoms with E-state index in [0.717, 1.165) is 34.3 Å². The highest BCUT2D eigenvalue weighted by Crippen LogP contribution is 2.40. The van der Waals surface area contributed by atoms with Gasteiger partial charge in [-0.05, 0) is 109 Å². The number of hydrogen-bond donors (Lipinski definition) is 2. The molecule has 0 aliphatic carbocycles. The van der Waals surface area contributed by atoms with Gasteiger partial charge >= 0.3 is 0 Å². The minimum absolute atomic E-state index is 0.00406. The molecule has 4 aromatic carbocycles. The van der Waals surface area contributed by atoms with Crippen LogP contribution in [-0.4, -0.2) is 68.9 Å². The maximum atomic E-state index is 14.2. The van der Waals surface area contributed by atoms with Crippen molar-refractivity contribution in [2.24, 2.45) is 0 Å². The molecule has 10 nitrogen and oxygen atoms in total. The van der Waals surface area contributed by atoms with Gasteiger partial charge in [0.1, 0.15) is 17.4 Å². The maximum Gasteiger partial charge on any atom is 0.260 e. The number of nitrogens with zero attached hydrogens (tertiary/aromatic N) is 2. The highest BCUT2D eigenvalue weighted by Gasteiger charge is 2.40. The smallest absolute Gasteiger partial charge is 0.260 e. The van der Waals surface area contributed by atoms with Crippen LogP contribution in [0.3, 0.4) is 0 Å². The number of halogens is 2. The summed E-state index contributed by atoms with van der Waals surface area (Å²) in [7, 11) is -0.619. The van der Waals surface area contributed by atoms with Gasteiger partial charge in [-0.1, -0.05) is 52.0 Å². The van der Waals surface area contributed by atoms with Crippen LogP contribution in [0.5, 0.6) is 17.2 Å². The molecule has 0 saturated carbocycles. The first-order valence-electron chi connectivity index (χ1n) is 20.8. The number of carbonyl (C=O) groups excluding carboxylic acids is 2. The summed E-state index contributed by atoms with van der Waals surface area (Å²) >= 11 is 0. The Kier molecular flexibility index (Phi) is 13.6. The molecular formula is C48H58F2N4O6Si. The molecule has 0 unspecified atom stereocenters. The van der Waals surface area contributed by atoms with Gasteiger partial charge in [0.25, 0.3) is 11.8 Å². The van der Waals surface area contributed by atoms with Crippen LogP contribution in [0, 0.1) is 18.6 Å². The number of amides is 2. The molecule has 0 aromatic heterocycles. The van der Waals surface area contributed by atoms with Crippen molar-refractivity contribution in [3.63, 3.8) is 0 Å². The van der Waals surface area contributed by atoms with E-state index in [1.54, 1.807) is 58.3 Å². The summed E-state index contributed by atoms with van der Waals surface area (Å²) in [6, 6.07) is 18.8. The van der Waals surface area contributed by atoms with Crippen molar-refractivity contribution in [2.75, 3.05) is 38.4 Å². The second-order valence-corrected chi connectivity index (χ2v) is 22.1. The number of benzene rings is 4. The van der Waals surface area contributed by atoms with Gasteiger partial charge in [0.2, 0.25) is 0 Å². The van der Waals surface area contributed by atoms with E-state index in [1.807, 2.05) is 26.2 Å². The largest absolute Gasteiger partial charge is 0.493 e. The lowest BCUT2D eigenvalue weighted by atomic mass is 10.0. The molecule has 6 rings (SSSR count). The summed E-state index contributed by atoms with van der Waals surface area (Å²) in [5.74, 6) is 0.155. The van der Waals surface area contributed by atoms with Crippen LogP contribution in [0.2, 0.25) is 18.1 Å². The molecular weight excluding hydrogens is 795 g/mol. The Morgan fingerprint density at radius 1 is 0.738 bits per heavy atom. The van der Waals surface area contributed by atoms with E-state index < -0.39 is 8.32 Å². The number of anilines is 2. The molecule has 324 valence electrons. The number of nitrogens with two attached hydrogens (primary N) is 2. The Balaban J connectivity index is 1.08. The van der Waals surface area contributed by atoms with E-state index in [4.69, 9.17) is 30.1 Å². The quantitative estimate of drug-likeness (QED) is 0.0687. The highest BCUT2D eigenvalue weighted by molar-refractivity contribution is 6.74. The first-order valence-corrected chi connectivity index (χ1v) is 23.7. The fourth-order valence-corrected chi connectivity index (χ4v) is 8.34. The van der Waals surface area contributed by atoms with E-state index in [0.29, 0.717) is 60.9 Å². The molecule has 2 atom stereocenters. The van der Waals surface area contributed by atoms with Crippen molar-refractivity contribution < 1.29 is 37.0 Å². The first kappa shape index (κ1) is 44.9. The molecule has 2 heterocycles. The fraction of sp³-hybridized carbons (Fsp3) is 0.375. The molecule has 4 aromatic rings. The molecule has 61 heavy (non-hydrogen) atoms. The molecule has 0 bridgehead atoms. The Hall–Kier alpha value is -5.66. The number of methoxy groups -OCH3 is 1. The Morgan fingerprint density at radius 3 is 1.72 bits per heavy atom. The maximum absolute atomic E-state index is 14.2. The predicted octanol–water partition coefficient (Wildman–Crippen LogP) is 10.2. The van der Waals surface area contributed by atoms with Gasteiger partial charge in [0.05, 0.1) is 44.1 Å². The predicted molar refractivity (Wildman–Crippen MR) is 240 cm³/mol. The van der Waals surface area contributed by atoms with Crippen molar-refractivity contribution in [1.29, 1.82) is 0 Å². The number of carbonyl (C=O) groups is 2. The summed E-state index contributed by atoms with van der Waals surface area (Å²) < 4.78 is 51.7. The second-order valence-electron chi connectivity index (χ2n) is 17.3. The number of aryl methyl sites for hydroxylation is 1. The molecule has 2 aliphatic heterocycles. The Bertz CT molecular complexity index is 2310. The van der Waals surface area contributed by atoms with Crippen LogP contribution >= 0.6 is 0 Å². The van der Waals surface area contributed by atoms with E-state index in [2.05, 4.69) is 33.9 Å². The fourth-order valence-electron chi connectivity index (χ4n) is 7.30. The number of nitrogen functional groups attached to an aromatic ring is 2. The van der Waals surface area contributed by atoms with Gasteiger partial charge in [0, 0.05) is 48.4 Å². The molecule has 13 heteroatoms. The van der Waals surface area contributed by atoms with Gasteiger partial charge in [-0.3, -0.25) is 9.59 Å². The number of rotatable bonds is 15. The van der Waals surface area contributed by atoms with Crippen LogP contribution in [-0.2, 0) is 4.43 Å². The standard InChI is InChI=1S/C48H58F2N4O6Si/c1-9-37-22-33(31-11-15-35(49)16-12-31)27-53(37)47(56)40-24-44(57-6)45(26-42(40)52)59-20-10-19-58-43-25-41(51)39(21-30(43)2)46(55)54-28-34(32-13-17-36(50)18-14-32)23-38(54)29-60-61(7,8)48(3,4)5/h11-18,21,24-28,37-38H,9-10,19-20,22-23,29,51-52H2,1-8H3/t37-,38+/m1/s1. The molecule has 0 spiro atoms. The van der Waals surface area contributed by atoms with Gasteiger partial charge in [-0.2, -0.15) is 0 Å².